The van der Waals surface area contributed by atoms with E-state index in [1.807, 2.05) is 26.0 Å². The summed E-state index contributed by atoms with van der Waals surface area (Å²) in [5.41, 5.74) is 7.25. The Labute approximate surface area is 99.4 Å². The molecule has 90 valence electrons. The van der Waals surface area contributed by atoms with Gasteiger partial charge in [-0.25, -0.2) is 4.68 Å². The number of hydrogen-bond acceptors (Lipinski definition) is 5. The molecule has 6 nitrogen and oxygen atoms in total. The number of methoxy groups -OCH3 is 1. The predicted octanol–water partition coefficient (Wildman–Crippen LogP) is 1.51. The van der Waals surface area contributed by atoms with Crippen molar-refractivity contribution in [2.24, 2.45) is 0 Å². The molecule has 2 rings (SSSR count). The highest BCUT2D eigenvalue weighted by molar-refractivity contribution is 5.65. The first-order chi connectivity index (χ1) is 8.13. The van der Waals surface area contributed by atoms with E-state index in [0.29, 0.717) is 17.3 Å². The van der Waals surface area contributed by atoms with Crippen molar-refractivity contribution in [1.82, 2.24) is 20.2 Å². The fourth-order valence-electron chi connectivity index (χ4n) is 1.58. The van der Waals surface area contributed by atoms with Crippen molar-refractivity contribution in [3.63, 3.8) is 0 Å². The van der Waals surface area contributed by atoms with E-state index in [1.165, 1.54) is 0 Å². The number of hydrogen-bond donors (Lipinski definition) is 1. The smallest absolute Gasteiger partial charge is 0.182 e. The van der Waals surface area contributed by atoms with Gasteiger partial charge in [-0.05, 0) is 42.5 Å². The van der Waals surface area contributed by atoms with Crippen molar-refractivity contribution in [2.75, 3.05) is 12.8 Å². The lowest BCUT2D eigenvalue weighted by molar-refractivity contribution is 0.417. The Morgan fingerprint density at radius 1 is 1.35 bits per heavy atom. The Morgan fingerprint density at radius 2 is 2.12 bits per heavy atom. The molecule has 0 amide bonds. The van der Waals surface area contributed by atoms with E-state index in [9.17, 15) is 0 Å². The first-order valence-corrected chi connectivity index (χ1v) is 5.35. The van der Waals surface area contributed by atoms with Gasteiger partial charge in [0.1, 0.15) is 5.75 Å². The molecule has 0 aliphatic carbocycles. The lowest BCUT2D eigenvalue weighted by Crippen LogP contribution is -2.05. The highest BCUT2D eigenvalue weighted by Crippen LogP contribution is 2.28. The van der Waals surface area contributed by atoms with Crippen molar-refractivity contribution < 1.29 is 4.74 Å². The first-order valence-electron chi connectivity index (χ1n) is 5.35. The van der Waals surface area contributed by atoms with Crippen LogP contribution in [0.2, 0.25) is 0 Å². The minimum atomic E-state index is 0.198. The van der Waals surface area contributed by atoms with Crippen LogP contribution in [-0.4, -0.2) is 27.3 Å². The molecule has 0 fully saturated rings. The number of nitrogens with zero attached hydrogens (tertiary/aromatic N) is 4. The van der Waals surface area contributed by atoms with E-state index in [4.69, 9.17) is 10.5 Å². The molecule has 0 saturated heterocycles. The van der Waals surface area contributed by atoms with Gasteiger partial charge in [-0.1, -0.05) is 0 Å². The van der Waals surface area contributed by atoms with E-state index in [1.54, 1.807) is 17.9 Å². The number of aromatic nitrogens is 4. The van der Waals surface area contributed by atoms with Crippen LogP contribution in [0.1, 0.15) is 19.9 Å². The first kappa shape index (κ1) is 11.4. The minimum Gasteiger partial charge on any atom is -0.495 e. The molecule has 2 N–H and O–H groups in total. The number of ether oxygens (including phenoxy) is 1. The highest BCUT2D eigenvalue weighted by atomic mass is 16.5. The molecule has 0 spiro atoms. The molecule has 0 aliphatic heterocycles. The van der Waals surface area contributed by atoms with E-state index in [-0.39, 0.29) is 6.04 Å². The van der Waals surface area contributed by atoms with Crippen molar-refractivity contribution in [1.29, 1.82) is 0 Å². The Kier molecular flexibility index (Phi) is 2.95. The van der Waals surface area contributed by atoms with Crippen LogP contribution in [0.15, 0.2) is 18.2 Å². The molecule has 1 aromatic heterocycles. The molecular weight excluding hydrogens is 218 g/mol. The van der Waals surface area contributed by atoms with Crippen LogP contribution in [0.25, 0.3) is 11.4 Å². The molecule has 1 aromatic carbocycles. The molecule has 0 atom stereocenters. The average Bonchev–Trinajstić information content (AvgIpc) is 2.78. The third-order valence-corrected chi connectivity index (χ3v) is 2.47. The summed E-state index contributed by atoms with van der Waals surface area (Å²) in [6.45, 7) is 4.04. The molecule has 1 heterocycles. The molecule has 0 radical (unpaired) electrons. The maximum Gasteiger partial charge on any atom is 0.182 e. The quantitative estimate of drug-likeness (QED) is 0.813. The number of nitrogen functional groups attached to an aromatic ring is 1. The summed E-state index contributed by atoms with van der Waals surface area (Å²) in [6.07, 6.45) is 0. The van der Waals surface area contributed by atoms with Crippen molar-refractivity contribution in [3.05, 3.63) is 18.2 Å². The third kappa shape index (κ3) is 2.06. The standard InChI is InChI=1S/C11H15N5O/c1-7(2)16-11(13-14-15-16)8-4-5-9(12)10(6-8)17-3/h4-7H,12H2,1-3H3. The minimum absolute atomic E-state index is 0.198. The SMILES string of the molecule is COc1cc(-c2nnnn2C(C)C)ccc1N. The summed E-state index contributed by atoms with van der Waals surface area (Å²) in [6, 6.07) is 5.69. The monoisotopic (exact) mass is 233 g/mol. The number of anilines is 1. The van der Waals surface area contributed by atoms with Crippen molar-refractivity contribution >= 4 is 5.69 Å². The summed E-state index contributed by atoms with van der Waals surface area (Å²) in [4.78, 5) is 0. The molecular formula is C11H15N5O. The molecule has 0 bridgehead atoms. The predicted molar refractivity (Wildman–Crippen MR) is 64.6 cm³/mol. The Hall–Kier alpha value is -2.11. The zero-order chi connectivity index (χ0) is 12.4. The number of tetrazole rings is 1. The van der Waals surface area contributed by atoms with Crippen LogP contribution >= 0.6 is 0 Å². The van der Waals surface area contributed by atoms with Gasteiger partial charge in [0.15, 0.2) is 5.82 Å². The van der Waals surface area contributed by atoms with Crippen molar-refractivity contribution in [2.45, 2.75) is 19.9 Å². The van der Waals surface area contributed by atoms with Crippen LogP contribution in [0.5, 0.6) is 5.75 Å². The second-order valence-corrected chi connectivity index (χ2v) is 4.00. The number of nitrogens with two attached hydrogens (primary N) is 1. The Morgan fingerprint density at radius 3 is 2.76 bits per heavy atom. The van der Waals surface area contributed by atoms with Gasteiger partial charge in [0.05, 0.1) is 18.8 Å². The van der Waals surface area contributed by atoms with E-state index in [2.05, 4.69) is 15.5 Å². The molecule has 0 unspecified atom stereocenters. The lowest BCUT2D eigenvalue weighted by Gasteiger charge is -2.09. The fraction of sp³-hybridized carbons (Fsp3) is 0.364. The van der Waals surface area contributed by atoms with Gasteiger partial charge in [0, 0.05) is 5.56 Å². The van der Waals surface area contributed by atoms with Gasteiger partial charge < -0.3 is 10.5 Å². The fourth-order valence-corrected chi connectivity index (χ4v) is 1.58. The lowest BCUT2D eigenvalue weighted by atomic mass is 10.1. The van der Waals surface area contributed by atoms with Crippen molar-refractivity contribution in [3.8, 4) is 17.1 Å². The van der Waals surface area contributed by atoms with Crippen LogP contribution < -0.4 is 10.5 Å². The van der Waals surface area contributed by atoms with Gasteiger partial charge >= 0.3 is 0 Å². The van der Waals surface area contributed by atoms with Crippen LogP contribution in [0.3, 0.4) is 0 Å². The van der Waals surface area contributed by atoms with E-state index < -0.39 is 0 Å². The molecule has 6 heteroatoms. The Balaban J connectivity index is 2.49. The second-order valence-electron chi connectivity index (χ2n) is 4.00. The third-order valence-electron chi connectivity index (χ3n) is 2.47. The van der Waals surface area contributed by atoms with Crippen LogP contribution in [0.4, 0.5) is 5.69 Å². The number of benzene rings is 1. The number of rotatable bonds is 3. The maximum absolute atomic E-state index is 5.77. The van der Waals surface area contributed by atoms with Gasteiger partial charge in [-0.15, -0.1) is 5.10 Å². The summed E-state index contributed by atoms with van der Waals surface area (Å²) >= 11 is 0. The normalized spacial score (nSPS) is 10.8. The molecule has 0 saturated carbocycles. The zero-order valence-corrected chi connectivity index (χ0v) is 10.1. The van der Waals surface area contributed by atoms with Crippen LogP contribution in [0, 0.1) is 0 Å². The van der Waals surface area contributed by atoms with Gasteiger partial charge in [-0.2, -0.15) is 0 Å². The van der Waals surface area contributed by atoms with Crippen LogP contribution in [-0.2, 0) is 0 Å². The topological polar surface area (TPSA) is 78.9 Å². The largest absolute Gasteiger partial charge is 0.495 e. The Bertz CT molecular complexity index is 520. The molecule has 17 heavy (non-hydrogen) atoms. The molecule has 2 aromatic rings. The van der Waals surface area contributed by atoms with E-state index in [0.717, 1.165) is 5.56 Å². The van der Waals surface area contributed by atoms with E-state index >= 15 is 0 Å². The van der Waals surface area contributed by atoms with Gasteiger partial charge in [-0.3, -0.25) is 0 Å². The zero-order valence-electron chi connectivity index (χ0n) is 10.1. The second kappa shape index (κ2) is 4.40. The summed E-state index contributed by atoms with van der Waals surface area (Å²) in [5.74, 6) is 1.33. The highest BCUT2D eigenvalue weighted by Gasteiger charge is 2.12. The van der Waals surface area contributed by atoms with Gasteiger partial charge in [0.25, 0.3) is 0 Å². The van der Waals surface area contributed by atoms with Gasteiger partial charge in [0.2, 0.25) is 0 Å². The summed E-state index contributed by atoms with van der Waals surface area (Å²) in [7, 11) is 1.58. The maximum atomic E-state index is 5.77. The summed E-state index contributed by atoms with van der Waals surface area (Å²) < 4.78 is 6.94. The molecule has 0 aliphatic rings. The summed E-state index contributed by atoms with van der Waals surface area (Å²) in [5, 5.41) is 11.7. The average molecular weight is 233 g/mol.